The van der Waals surface area contributed by atoms with Gasteiger partial charge in [0.2, 0.25) is 11.8 Å². The van der Waals surface area contributed by atoms with Gasteiger partial charge in [-0.05, 0) is 31.9 Å². The summed E-state index contributed by atoms with van der Waals surface area (Å²) in [7, 11) is 1.85. The van der Waals surface area contributed by atoms with Crippen LogP contribution in [-0.2, 0) is 21.4 Å². The van der Waals surface area contributed by atoms with Crippen molar-refractivity contribution in [3.8, 4) is 0 Å². The number of carbonyl (C=O) groups is 3. The van der Waals surface area contributed by atoms with Gasteiger partial charge in [-0.3, -0.25) is 19.3 Å². The molecule has 2 heterocycles. The molecule has 4 rings (SSSR count). The third-order valence-electron chi connectivity index (χ3n) is 5.21. The minimum atomic E-state index is -0.884. The Balaban J connectivity index is 1.65. The van der Waals surface area contributed by atoms with Crippen molar-refractivity contribution in [1.29, 1.82) is 0 Å². The predicted octanol–water partition coefficient (Wildman–Crippen LogP) is 2.01. The average Bonchev–Trinajstić information content (AvgIpc) is 3.10. The number of thiazole rings is 1. The Labute approximate surface area is 154 Å². The van der Waals surface area contributed by atoms with Gasteiger partial charge in [-0.1, -0.05) is 35.6 Å². The maximum Gasteiger partial charge on any atom is 0.271 e. The van der Waals surface area contributed by atoms with Gasteiger partial charge in [0, 0.05) is 7.05 Å². The molecule has 1 saturated heterocycles. The molecule has 26 heavy (non-hydrogen) atoms. The van der Waals surface area contributed by atoms with E-state index < -0.39 is 11.9 Å². The zero-order chi connectivity index (χ0) is 18.4. The zero-order valence-corrected chi connectivity index (χ0v) is 15.4. The fraction of sp³-hybridized carbons (Fsp3) is 0.368. The SMILES string of the molecule is C[C@@H](C(=O)N=c1sc2ccccc2n1C)N1C(=O)C2CC=CCC2C1=O. The molecule has 134 valence electrons. The number of carbonyl (C=O) groups excluding carboxylic acids is 3. The molecular weight excluding hydrogens is 350 g/mol. The number of aryl methyl sites for hydroxylation is 1. The first-order chi connectivity index (χ1) is 12.5. The van der Waals surface area contributed by atoms with Crippen molar-refractivity contribution in [2.75, 3.05) is 0 Å². The Bertz CT molecular complexity index is 990. The number of allylic oxidation sites excluding steroid dienone is 2. The van der Waals surface area contributed by atoms with E-state index in [1.807, 2.05) is 48.0 Å². The summed E-state index contributed by atoms with van der Waals surface area (Å²) >= 11 is 1.41. The second-order valence-corrected chi connectivity index (χ2v) is 7.75. The smallest absolute Gasteiger partial charge is 0.271 e. The van der Waals surface area contributed by atoms with E-state index in [0.717, 1.165) is 15.1 Å². The van der Waals surface area contributed by atoms with Gasteiger partial charge < -0.3 is 4.57 Å². The monoisotopic (exact) mass is 369 g/mol. The molecule has 3 amide bonds. The number of para-hydroxylation sites is 1. The first-order valence-electron chi connectivity index (χ1n) is 8.64. The lowest BCUT2D eigenvalue weighted by Gasteiger charge is -2.19. The topological polar surface area (TPSA) is 71.7 Å². The van der Waals surface area contributed by atoms with Crippen LogP contribution >= 0.6 is 11.3 Å². The van der Waals surface area contributed by atoms with Gasteiger partial charge in [-0.15, -0.1) is 0 Å². The number of benzene rings is 1. The maximum atomic E-state index is 12.7. The van der Waals surface area contributed by atoms with Crippen molar-refractivity contribution < 1.29 is 14.4 Å². The van der Waals surface area contributed by atoms with Crippen LogP contribution in [0.25, 0.3) is 10.2 Å². The number of fused-ring (bicyclic) bond motifs is 2. The lowest BCUT2D eigenvalue weighted by molar-refractivity contribution is -0.146. The van der Waals surface area contributed by atoms with Gasteiger partial charge in [0.05, 0.1) is 22.1 Å². The van der Waals surface area contributed by atoms with Crippen LogP contribution in [0.2, 0.25) is 0 Å². The molecule has 1 aromatic heterocycles. The molecule has 0 saturated carbocycles. The molecule has 1 aliphatic heterocycles. The predicted molar refractivity (Wildman–Crippen MR) is 98.0 cm³/mol. The number of hydrogen-bond acceptors (Lipinski definition) is 4. The largest absolute Gasteiger partial charge is 0.319 e. The second-order valence-electron chi connectivity index (χ2n) is 6.74. The molecule has 0 spiro atoms. The Morgan fingerprint density at radius 1 is 1.15 bits per heavy atom. The molecule has 2 aliphatic rings. The van der Waals surface area contributed by atoms with Crippen molar-refractivity contribution >= 4 is 39.3 Å². The Morgan fingerprint density at radius 3 is 2.38 bits per heavy atom. The normalized spacial score (nSPS) is 24.4. The molecule has 7 heteroatoms. The van der Waals surface area contributed by atoms with E-state index in [4.69, 9.17) is 0 Å². The second kappa shape index (κ2) is 6.32. The van der Waals surface area contributed by atoms with Crippen LogP contribution in [-0.4, -0.2) is 33.2 Å². The summed E-state index contributed by atoms with van der Waals surface area (Å²) in [6, 6.07) is 6.92. The molecule has 6 nitrogen and oxygen atoms in total. The molecule has 0 N–H and O–H groups in total. The molecule has 0 bridgehead atoms. The van der Waals surface area contributed by atoms with Crippen LogP contribution in [0.15, 0.2) is 41.4 Å². The molecule has 2 unspecified atom stereocenters. The highest BCUT2D eigenvalue weighted by Crippen LogP contribution is 2.36. The summed E-state index contributed by atoms with van der Waals surface area (Å²) in [5, 5.41) is 0. The lowest BCUT2D eigenvalue weighted by Crippen LogP contribution is -2.43. The Kier molecular flexibility index (Phi) is 4.11. The van der Waals surface area contributed by atoms with Crippen LogP contribution in [0.1, 0.15) is 19.8 Å². The number of hydrogen-bond donors (Lipinski definition) is 0. The third-order valence-corrected chi connectivity index (χ3v) is 6.32. The minimum Gasteiger partial charge on any atom is -0.319 e. The fourth-order valence-corrected chi connectivity index (χ4v) is 4.72. The standard InChI is InChI=1S/C19H19N3O3S/c1-11(22-17(24)12-7-3-4-8-13(12)18(22)25)16(23)20-19-21(2)14-9-5-6-10-15(14)26-19/h3-6,9-13H,7-8H2,1-2H3/t11-,12?,13?/m0/s1. The number of amides is 3. The van der Waals surface area contributed by atoms with E-state index in [9.17, 15) is 14.4 Å². The van der Waals surface area contributed by atoms with Gasteiger partial charge in [0.25, 0.3) is 5.91 Å². The van der Waals surface area contributed by atoms with Crippen molar-refractivity contribution in [2.45, 2.75) is 25.8 Å². The van der Waals surface area contributed by atoms with E-state index in [1.165, 1.54) is 11.3 Å². The highest BCUT2D eigenvalue weighted by atomic mass is 32.1. The van der Waals surface area contributed by atoms with Gasteiger partial charge >= 0.3 is 0 Å². The van der Waals surface area contributed by atoms with Gasteiger partial charge in [0.1, 0.15) is 6.04 Å². The first kappa shape index (κ1) is 16.9. The van der Waals surface area contributed by atoms with E-state index in [-0.39, 0.29) is 23.7 Å². The Morgan fingerprint density at radius 2 is 1.77 bits per heavy atom. The number of rotatable bonds is 2. The van der Waals surface area contributed by atoms with E-state index in [2.05, 4.69) is 4.99 Å². The van der Waals surface area contributed by atoms with Crippen molar-refractivity contribution in [3.05, 3.63) is 41.2 Å². The summed E-state index contributed by atoms with van der Waals surface area (Å²) in [4.78, 5) is 43.8. The molecule has 0 radical (unpaired) electrons. The highest BCUT2D eigenvalue weighted by Gasteiger charge is 2.50. The summed E-state index contributed by atoms with van der Waals surface area (Å²) in [5.74, 6) is -1.63. The number of aromatic nitrogens is 1. The number of imide groups is 1. The zero-order valence-electron chi connectivity index (χ0n) is 14.6. The van der Waals surface area contributed by atoms with Crippen LogP contribution in [0.4, 0.5) is 0 Å². The minimum absolute atomic E-state index is 0.249. The summed E-state index contributed by atoms with van der Waals surface area (Å²) in [6.45, 7) is 1.58. The van der Waals surface area contributed by atoms with Crippen LogP contribution in [0, 0.1) is 11.8 Å². The summed E-state index contributed by atoms with van der Waals surface area (Å²) in [6.07, 6.45) is 5.00. The van der Waals surface area contributed by atoms with Crippen LogP contribution in [0.3, 0.4) is 0 Å². The maximum absolute atomic E-state index is 12.7. The van der Waals surface area contributed by atoms with Gasteiger partial charge in [-0.25, -0.2) is 0 Å². The number of likely N-dealkylation sites (tertiary alicyclic amines) is 1. The molecule has 3 atom stereocenters. The fourth-order valence-electron chi connectivity index (χ4n) is 3.69. The van der Waals surface area contributed by atoms with E-state index >= 15 is 0 Å². The summed E-state index contributed by atoms with van der Waals surface area (Å²) < 4.78 is 2.88. The average molecular weight is 369 g/mol. The summed E-state index contributed by atoms with van der Waals surface area (Å²) in [5.41, 5.74) is 0.988. The van der Waals surface area contributed by atoms with Crippen molar-refractivity contribution in [2.24, 2.45) is 23.9 Å². The first-order valence-corrected chi connectivity index (χ1v) is 9.45. The highest BCUT2D eigenvalue weighted by molar-refractivity contribution is 7.16. The Hall–Kier alpha value is -2.54. The number of nitrogens with zero attached hydrogens (tertiary/aromatic N) is 3. The quantitative estimate of drug-likeness (QED) is 0.600. The van der Waals surface area contributed by atoms with Gasteiger partial charge in [0.15, 0.2) is 4.80 Å². The van der Waals surface area contributed by atoms with Crippen LogP contribution < -0.4 is 4.80 Å². The molecule has 1 aliphatic carbocycles. The molecule has 1 aromatic carbocycles. The molecule has 2 aromatic rings. The lowest BCUT2D eigenvalue weighted by atomic mass is 9.85. The van der Waals surface area contributed by atoms with Crippen molar-refractivity contribution in [1.82, 2.24) is 9.47 Å². The van der Waals surface area contributed by atoms with E-state index in [0.29, 0.717) is 17.6 Å². The van der Waals surface area contributed by atoms with Gasteiger partial charge in [-0.2, -0.15) is 4.99 Å². The van der Waals surface area contributed by atoms with E-state index in [1.54, 1.807) is 6.92 Å². The van der Waals surface area contributed by atoms with Crippen LogP contribution in [0.5, 0.6) is 0 Å². The molecule has 1 fully saturated rings. The van der Waals surface area contributed by atoms with Crippen molar-refractivity contribution in [3.63, 3.8) is 0 Å². The molecular formula is C19H19N3O3S. The third kappa shape index (κ3) is 2.54.